The average molecular weight is 329 g/mol. The Balaban J connectivity index is 5.74. The van der Waals surface area contributed by atoms with E-state index in [9.17, 15) is 0 Å². The molecule has 0 bridgehead atoms. The van der Waals surface area contributed by atoms with Gasteiger partial charge < -0.3 is 0 Å². The van der Waals surface area contributed by atoms with E-state index in [2.05, 4.69) is 90.0 Å². The van der Waals surface area contributed by atoms with Crippen LogP contribution in [0.3, 0.4) is 0 Å². The molecule has 0 N–H and O–H groups in total. The van der Waals surface area contributed by atoms with Crippen molar-refractivity contribution in [1.29, 1.82) is 0 Å². The molecule has 0 fully saturated rings. The molecule has 1 heteroatoms. The standard InChI is InChI=1S/C21H44S/c1-16(2,3)14-17(4,5)20(10,11)21(12,13)18(6,7)15-19(8,9)22/h22H,14-15H2,1-13H3. The minimum atomic E-state index is 0.0605. The van der Waals surface area contributed by atoms with Crippen molar-refractivity contribution in [2.45, 2.75) is 108 Å². The summed E-state index contributed by atoms with van der Waals surface area (Å²) in [5.74, 6) is 0. The molecule has 0 amide bonds. The van der Waals surface area contributed by atoms with Crippen molar-refractivity contribution in [2.75, 3.05) is 0 Å². The largest absolute Gasteiger partial charge is 0.173 e. The second-order valence-corrected chi connectivity index (χ2v) is 13.0. The molecule has 0 saturated heterocycles. The smallest absolute Gasteiger partial charge is 0.00784 e. The van der Waals surface area contributed by atoms with Gasteiger partial charge in [0.2, 0.25) is 0 Å². The Morgan fingerprint density at radius 2 is 0.773 bits per heavy atom. The zero-order valence-electron chi connectivity index (χ0n) is 17.9. The van der Waals surface area contributed by atoms with Crippen LogP contribution in [0.2, 0.25) is 0 Å². The first-order valence-electron chi connectivity index (χ1n) is 8.89. The van der Waals surface area contributed by atoms with Crippen LogP contribution >= 0.6 is 12.6 Å². The van der Waals surface area contributed by atoms with Crippen molar-refractivity contribution in [3.63, 3.8) is 0 Å². The molecule has 0 heterocycles. The van der Waals surface area contributed by atoms with Gasteiger partial charge in [0.1, 0.15) is 0 Å². The van der Waals surface area contributed by atoms with E-state index in [0.29, 0.717) is 5.41 Å². The van der Waals surface area contributed by atoms with Crippen molar-refractivity contribution in [2.24, 2.45) is 27.1 Å². The first kappa shape index (κ1) is 22.4. The van der Waals surface area contributed by atoms with E-state index in [1.165, 1.54) is 6.42 Å². The highest BCUT2D eigenvalue weighted by Crippen LogP contribution is 2.63. The molecule has 0 aromatic heterocycles. The SMILES string of the molecule is CC(C)(C)CC(C)(C)C(C)(C)C(C)(C)C(C)(C)CC(C)(C)S. The van der Waals surface area contributed by atoms with Crippen LogP contribution in [0.15, 0.2) is 0 Å². The van der Waals surface area contributed by atoms with Gasteiger partial charge in [-0.05, 0) is 39.9 Å². The van der Waals surface area contributed by atoms with E-state index in [4.69, 9.17) is 12.6 Å². The molecule has 0 aromatic rings. The molecule has 134 valence electrons. The fourth-order valence-electron chi connectivity index (χ4n) is 4.54. The number of hydrogen-bond acceptors (Lipinski definition) is 1. The summed E-state index contributed by atoms with van der Waals surface area (Å²) in [4.78, 5) is 0. The van der Waals surface area contributed by atoms with Gasteiger partial charge in [-0.1, -0.05) is 90.0 Å². The molecule has 0 aliphatic rings. The Kier molecular flexibility index (Phi) is 6.11. The molecule has 0 atom stereocenters. The van der Waals surface area contributed by atoms with Crippen LogP contribution in [0.5, 0.6) is 0 Å². The third kappa shape index (κ3) is 4.92. The molecule has 22 heavy (non-hydrogen) atoms. The van der Waals surface area contributed by atoms with Gasteiger partial charge >= 0.3 is 0 Å². The average Bonchev–Trinajstić information content (AvgIpc) is 2.08. The lowest BCUT2D eigenvalue weighted by Crippen LogP contribution is -2.53. The van der Waals surface area contributed by atoms with Gasteiger partial charge in [0.25, 0.3) is 0 Å². The Morgan fingerprint density at radius 3 is 1.00 bits per heavy atom. The van der Waals surface area contributed by atoms with Crippen molar-refractivity contribution >= 4 is 12.6 Å². The summed E-state index contributed by atoms with van der Waals surface area (Å²) in [6.45, 7) is 31.2. The van der Waals surface area contributed by atoms with Crippen LogP contribution in [0.4, 0.5) is 0 Å². The second kappa shape index (κ2) is 6.01. The highest BCUT2D eigenvalue weighted by Gasteiger charge is 2.55. The van der Waals surface area contributed by atoms with Gasteiger partial charge in [-0.3, -0.25) is 0 Å². The molecular formula is C21H44S. The van der Waals surface area contributed by atoms with Gasteiger partial charge in [0.05, 0.1) is 0 Å². The summed E-state index contributed by atoms with van der Waals surface area (Å²) in [6, 6.07) is 0. The molecule has 0 nitrogen and oxygen atoms in total. The van der Waals surface area contributed by atoms with Gasteiger partial charge in [-0.15, -0.1) is 0 Å². The van der Waals surface area contributed by atoms with E-state index in [0.717, 1.165) is 6.42 Å². The third-order valence-corrected chi connectivity index (χ3v) is 6.95. The van der Waals surface area contributed by atoms with Gasteiger partial charge in [-0.2, -0.15) is 12.6 Å². The van der Waals surface area contributed by atoms with E-state index in [-0.39, 0.29) is 26.4 Å². The molecule has 0 aliphatic heterocycles. The molecular weight excluding hydrogens is 284 g/mol. The quantitative estimate of drug-likeness (QED) is 0.476. The number of rotatable bonds is 6. The molecule has 0 aromatic carbocycles. The van der Waals surface area contributed by atoms with E-state index < -0.39 is 0 Å². The van der Waals surface area contributed by atoms with Crippen LogP contribution in [0.1, 0.15) is 103 Å². The van der Waals surface area contributed by atoms with Crippen molar-refractivity contribution in [3.8, 4) is 0 Å². The van der Waals surface area contributed by atoms with Gasteiger partial charge in [0.15, 0.2) is 0 Å². The summed E-state index contributed by atoms with van der Waals surface area (Å²) >= 11 is 4.82. The van der Waals surface area contributed by atoms with E-state index >= 15 is 0 Å². The summed E-state index contributed by atoms with van der Waals surface area (Å²) in [5, 5.41) is 0. The summed E-state index contributed by atoms with van der Waals surface area (Å²) in [6.07, 6.45) is 2.35. The first-order valence-corrected chi connectivity index (χ1v) is 9.34. The lowest BCUT2D eigenvalue weighted by Gasteiger charge is -2.61. The van der Waals surface area contributed by atoms with Gasteiger partial charge in [-0.25, -0.2) is 0 Å². The lowest BCUT2D eigenvalue weighted by atomic mass is 9.44. The van der Waals surface area contributed by atoms with Crippen LogP contribution in [-0.4, -0.2) is 4.75 Å². The maximum absolute atomic E-state index is 4.82. The van der Waals surface area contributed by atoms with E-state index in [1.54, 1.807) is 0 Å². The maximum Gasteiger partial charge on any atom is 0.00784 e. The molecule has 0 radical (unpaired) electrons. The molecule has 0 aliphatic carbocycles. The maximum atomic E-state index is 4.82. The predicted octanol–water partition coefficient (Wildman–Crippen LogP) is 7.63. The minimum absolute atomic E-state index is 0.0605. The molecule has 0 spiro atoms. The van der Waals surface area contributed by atoms with Crippen molar-refractivity contribution in [3.05, 3.63) is 0 Å². The Morgan fingerprint density at radius 1 is 0.500 bits per heavy atom. The van der Waals surface area contributed by atoms with E-state index in [1.807, 2.05) is 0 Å². The van der Waals surface area contributed by atoms with Gasteiger partial charge in [0, 0.05) is 4.75 Å². The number of hydrogen-bond donors (Lipinski definition) is 1. The fraction of sp³-hybridized carbons (Fsp3) is 1.00. The van der Waals surface area contributed by atoms with Crippen LogP contribution in [0.25, 0.3) is 0 Å². The van der Waals surface area contributed by atoms with Crippen LogP contribution in [-0.2, 0) is 0 Å². The molecule has 0 unspecified atom stereocenters. The summed E-state index contributed by atoms with van der Waals surface area (Å²) in [5.41, 5.74) is 1.26. The molecule has 0 rings (SSSR count). The Bertz CT molecular complexity index is 332. The lowest BCUT2D eigenvalue weighted by molar-refractivity contribution is -0.111. The van der Waals surface area contributed by atoms with Crippen molar-refractivity contribution < 1.29 is 0 Å². The third-order valence-electron chi connectivity index (χ3n) is 6.79. The Hall–Kier alpha value is 0.350. The van der Waals surface area contributed by atoms with Crippen LogP contribution < -0.4 is 0 Å². The van der Waals surface area contributed by atoms with Crippen LogP contribution in [0, 0.1) is 27.1 Å². The molecule has 0 saturated carbocycles. The normalized spacial score (nSPS) is 16.1. The topological polar surface area (TPSA) is 0 Å². The number of thiol groups is 1. The second-order valence-electron chi connectivity index (χ2n) is 11.7. The highest BCUT2D eigenvalue weighted by molar-refractivity contribution is 7.81. The minimum Gasteiger partial charge on any atom is -0.173 e. The summed E-state index contributed by atoms with van der Waals surface area (Å²) in [7, 11) is 0. The Labute approximate surface area is 147 Å². The highest BCUT2D eigenvalue weighted by atomic mass is 32.1. The zero-order valence-corrected chi connectivity index (χ0v) is 18.8. The monoisotopic (exact) mass is 328 g/mol. The first-order chi connectivity index (χ1) is 9.16. The summed E-state index contributed by atoms with van der Waals surface area (Å²) < 4.78 is 0.0605. The predicted molar refractivity (Wildman–Crippen MR) is 107 cm³/mol. The fourth-order valence-corrected chi connectivity index (χ4v) is 4.94. The van der Waals surface area contributed by atoms with Crippen molar-refractivity contribution in [1.82, 2.24) is 0 Å². The zero-order chi connectivity index (χ0) is 18.4.